The Hall–Kier alpha value is -1.96. The monoisotopic (exact) mass is 355 g/mol. The van der Waals surface area contributed by atoms with E-state index in [0.29, 0.717) is 10.4 Å². The molecular formula is C13H15BrFN5O. The first-order valence-corrected chi connectivity index (χ1v) is 7.22. The number of nitrogens with two attached hydrogens (primary N) is 1. The summed E-state index contributed by atoms with van der Waals surface area (Å²) in [4.78, 5) is 14.1. The number of ether oxygens (including phenoxy) is 1. The average Bonchev–Trinajstić information content (AvgIpc) is 2.44. The molecule has 0 atom stereocenters. The van der Waals surface area contributed by atoms with E-state index in [9.17, 15) is 4.39 Å². The molecule has 21 heavy (non-hydrogen) atoms. The van der Waals surface area contributed by atoms with Gasteiger partial charge in [-0.1, -0.05) is 0 Å². The summed E-state index contributed by atoms with van der Waals surface area (Å²) < 4.78 is 19.3. The van der Waals surface area contributed by atoms with Crippen molar-refractivity contribution in [3.63, 3.8) is 0 Å². The zero-order valence-electron chi connectivity index (χ0n) is 11.7. The molecule has 0 spiro atoms. The van der Waals surface area contributed by atoms with E-state index in [2.05, 4.69) is 30.9 Å². The van der Waals surface area contributed by atoms with Crippen LogP contribution in [0.4, 0.5) is 16.3 Å². The molecule has 1 aromatic heterocycles. The Bertz CT molecular complexity index is 636. The molecule has 1 aromatic carbocycles. The van der Waals surface area contributed by atoms with E-state index in [-0.39, 0.29) is 17.7 Å². The number of hydrogen-bond acceptors (Lipinski definition) is 6. The number of benzene rings is 1. The predicted molar refractivity (Wildman–Crippen MR) is 82.0 cm³/mol. The van der Waals surface area contributed by atoms with Crippen molar-refractivity contribution in [3.05, 3.63) is 28.5 Å². The summed E-state index contributed by atoms with van der Waals surface area (Å²) in [5.41, 5.74) is 5.66. The molecule has 0 amide bonds. The van der Waals surface area contributed by atoms with Crippen LogP contribution in [0, 0.1) is 5.82 Å². The Kier molecular flexibility index (Phi) is 4.89. The fourth-order valence-corrected chi connectivity index (χ4v) is 1.95. The molecule has 0 fully saturated rings. The highest BCUT2D eigenvalue weighted by molar-refractivity contribution is 9.10. The highest BCUT2D eigenvalue weighted by Gasteiger charge is 2.12. The minimum absolute atomic E-state index is 0.0334. The second-order valence-electron chi connectivity index (χ2n) is 4.13. The van der Waals surface area contributed by atoms with Crippen LogP contribution in [0.5, 0.6) is 11.8 Å². The summed E-state index contributed by atoms with van der Waals surface area (Å²) in [5, 5.41) is 0. The molecule has 0 bridgehead atoms. The number of anilines is 2. The maximum atomic E-state index is 13.5. The van der Waals surface area contributed by atoms with Crippen molar-refractivity contribution in [1.29, 1.82) is 0 Å². The van der Waals surface area contributed by atoms with Crippen LogP contribution in [0.1, 0.15) is 13.8 Å². The van der Waals surface area contributed by atoms with Crippen LogP contribution in [0.25, 0.3) is 0 Å². The number of nitrogens with zero attached hydrogens (tertiary/aromatic N) is 4. The molecule has 2 N–H and O–H groups in total. The van der Waals surface area contributed by atoms with Gasteiger partial charge in [-0.2, -0.15) is 15.0 Å². The Morgan fingerprint density at radius 2 is 1.95 bits per heavy atom. The van der Waals surface area contributed by atoms with Crippen molar-refractivity contribution >= 4 is 27.8 Å². The smallest absolute Gasteiger partial charge is 0.328 e. The van der Waals surface area contributed by atoms with Crippen LogP contribution in [0.2, 0.25) is 0 Å². The maximum absolute atomic E-state index is 13.5. The van der Waals surface area contributed by atoms with E-state index in [1.165, 1.54) is 6.07 Å². The minimum Gasteiger partial charge on any atom is -0.424 e. The van der Waals surface area contributed by atoms with Gasteiger partial charge in [0.2, 0.25) is 11.9 Å². The molecule has 0 unspecified atom stereocenters. The second kappa shape index (κ2) is 6.66. The lowest BCUT2D eigenvalue weighted by Crippen LogP contribution is -2.25. The van der Waals surface area contributed by atoms with Gasteiger partial charge in [0.05, 0.1) is 4.47 Å². The van der Waals surface area contributed by atoms with Gasteiger partial charge in [0, 0.05) is 19.2 Å². The molecule has 0 saturated heterocycles. The summed E-state index contributed by atoms with van der Waals surface area (Å²) in [6, 6.07) is 4.41. The SMILES string of the molecule is CCN(CC)c1nc(N)nc(Oc2ccc(Br)c(F)c2)n1. The van der Waals surface area contributed by atoms with E-state index in [0.717, 1.165) is 13.1 Å². The van der Waals surface area contributed by atoms with Crippen LogP contribution < -0.4 is 15.4 Å². The summed E-state index contributed by atoms with van der Waals surface area (Å²) >= 11 is 3.08. The Balaban J connectivity index is 2.29. The third kappa shape index (κ3) is 3.78. The van der Waals surface area contributed by atoms with Crippen molar-refractivity contribution in [2.75, 3.05) is 23.7 Å². The normalized spacial score (nSPS) is 10.5. The van der Waals surface area contributed by atoms with Gasteiger partial charge in [-0.15, -0.1) is 0 Å². The van der Waals surface area contributed by atoms with E-state index >= 15 is 0 Å². The van der Waals surface area contributed by atoms with Crippen molar-refractivity contribution in [2.45, 2.75) is 13.8 Å². The highest BCUT2D eigenvalue weighted by Crippen LogP contribution is 2.25. The largest absolute Gasteiger partial charge is 0.424 e. The van der Waals surface area contributed by atoms with Crippen molar-refractivity contribution in [2.24, 2.45) is 0 Å². The molecule has 6 nitrogen and oxygen atoms in total. The molecule has 1 heterocycles. The molecule has 8 heteroatoms. The van der Waals surface area contributed by atoms with E-state index in [4.69, 9.17) is 10.5 Å². The van der Waals surface area contributed by atoms with E-state index in [1.54, 1.807) is 12.1 Å². The zero-order valence-corrected chi connectivity index (χ0v) is 13.3. The molecule has 2 aromatic rings. The fourth-order valence-electron chi connectivity index (χ4n) is 1.70. The number of hydrogen-bond donors (Lipinski definition) is 1. The molecule has 2 rings (SSSR count). The quantitative estimate of drug-likeness (QED) is 0.888. The van der Waals surface area contributed by atoms with E-state index in [1.807, 2.05) is 18.7 Å². The van der Waals surface area contributed by atoms with Gasteiger partial charge in [0.15, 0.2) is 0 Å². The van der Waals surface area contributed by atoms with Crippen LogP contribution in [0.3, 0.4) is 0 Å². The standard InChI is InChI=1S/C13H15BrFN5O/c1-3-20(4-2)12-17-11(16)18-13(19-12)21-8-5-6-9(14)10(15)7-8/h5-7H,3-4H2,1-2H3,(H2,16,17,18,19). The first kappa shape index (κ1) is 15.4. The summed E-state index contributed by atoms with van der Waals surface area (Å²) in [6.45, 7) is 5.42. The minimum atomic E-state index is -0.432. The average molecular weight is 356 g/mol. The summed E-state index contributed by atoms with van der Waals surface area (Å²) in [5.74, 6) is 0.338. The molecule has 0 aliphatic carbocycles. The van der Waals surface area contributed by atoms with Gasteiger partial charge in [-0.05, 0) is 41.9 Å². The molecule has 112 valence electrons. The zero-order chi connectivity index (χ0) is 15.4. The lowest BCUT2D eigenvalue weighted by atomic mass is 10.3. The van der Waals surface area contributed by atoms with Crippen molar-refractivity contribution in [3.8, 4) is 11.8 Å². The molecule has 0 saturated carbocycles. The fraction of sp³-hybridized carbons (Fsp3) is 0.308. The summed E-state index contributed by atoms with van der Waals surface area (Å²) in [6.07, 6.45) is 0. The Morgan fingerprint density at radius 3 is 2.57 bits per heavy atom. The molecule has 0 aliphatic rings. The van der Waals surface area contributed by atoms with Crippen LogP contribution >= 0.6 is 15.9 Å². The van der Waals surface area contributed by atoms with E-state index < -0.39 is 5.82 Å². The molecular weight excluding hydrogens is 341 g/mol. The lowest BCUT2D eigenvalue weighted by molar-refractivity contribution is 0.436. The van der Waals surface area contributed by atoms with Gasteiger partial charge in [0.1, 0.15) is 11.6 Å². The third-order valence-corrected chi connectivity index (χ3v) is 3.41. The van der Waals surface area contributed by atoms with Gasteiger partial charge < -0.3 is 15.4 Å². The van der Waals surface area contributed by atoms with Crippen molar-refractivity contribution in [1.82, 2.24) is 15.0 Å². The van der Waals surface area contributed by atoms with Gasteiger partial charge in [-0.25, -0.2) is 4.39 Å². The van der Waals surface area contributed by atoms with Crippen LogP contribution in [-0.4, -0.2) is 28.0 Å². The highest BCUT2D eigenvalue weighted by atomic mass is 79.9. The van der Waals surface area contributed by atoms with Gasteiger partial charge in [-0.3, -0.25) is 0 Å². The summed E-state index contributed by atoms with van der Waals surface area (Å²) in [7, 11) is 0. The number of aromatic nitrogens is 3. The second-order valence-corrected chi connectivity index (χ2v) is 4.98. The molecule has 0 aliphatic heterocycles. The van der Waals surface area contributed by atoms with Gasteiger partial charge in [0.25, 0.3) is 0 Å². The topological polar surface area (TPSA) is 77.2 Å². The number of rotatable bonds is 5. The first-order chi connectivity index (χ1) is 10.0. The van der Waals surface area contributed by atoms with Crippen LogP contribution in [0.15, 0.2) is 22.7 Å². The first-order valence-electron chi connectivity index (χ1n) is 6.42. The van der Waals surface area contributed by atoms with Crippen molar-refractivity contribution < 1.29 is 9.13 Å². The Labute approximate surface area is 130 Å². The lowest BCUT2D eigenvalue weighted by Gasteiger charge is -2.18. The van der Waals surface area contributed by atoms with Gasteiger partial charge >= 0.3 is 6.01 Å². The number of nitrogen functional groups attached to an aromatic ring is 1. The third-order valence-electron chi connectivity index (χ3n) is 2.77. The maximum Gasteiger partial charge on any atom is 0.328 e. The number of halogens is 2. The predicted octanol–water partition coefficient (Wildman–Crippen LogP) is 2.99. The van der Waals surface area contributed by atoms with Crippen LogP contribution in [-0.2, 0) is 0 Å². The molecule has 0 radical (unpaired) electrons. The Morgan fingerprint density at radius 1 is 1.24 bits per heavy atom.